The van der Waals surface area contributed by atoms with Crippen LogP contribution in [0.2, 0.25) is 0 Å². The van der Waals surface area contributed by atoms with E-state index in [0.29, 0.717) is 19.4 Å². The van der Waals surface area contributed by atoms with Gasteiger partial charge in [0.1, 0.15) is 24.4 Å². The quantitative estimate of drug-likeness (QED) is 0.162. The number of nitrogens with zero attached hydrogens (tertiary/aromatic N) is 1. The molecule has 1 unspecified atom stereocenters. The molecule has 1 aliphatic rings. The summed E-state index contributed by atoms with van der Waals surface area (Å²) < 4.78 is 5.58. The Hall–Kier alpha value is -0.990. The van der Waals surface area contributed by atoms with Crippen molar-refractivity contribution in [1.29, 1.82) is 0 Å². The number of carbonyl (C=O) groups excluding carboxylic acids is 1. The molecule has 1 saturated heterocycles. The average molecular weight is 486 g/mol. The molecule has 7 nitrogen and oxygen atoms in total. The molecule has 1 amide bonds. The predicted molar refractivity (Wildman–Crippen MR) is 135 cm³/mol. The minimum absolute atomic E-state index is 0.135. The Morgan fingerprint density at radius 3 is 1.88 bits per heavy atom. The van der Waals surface area contributed by atoms with Gasteiger partial charge in [-0.05, 0) is 38.5 Å². The SMILES string of the molecule is CCCCCCCCC=CCCCCCCCC(=O)N(CCC)C1O[C@H](CO)[C@@H](O)[C@H](O)[C@H]1O. The maximum absolute atomic E-state index is 12.8. The Balaban J connectivity index is 2.21. The number of unbranched alkanes of at least 4 members (excludes halogenated alkanes) is 11. The molecule has 0 bridgehead atoms. The summed E-state index contributed by atoms with van der Waals surface area (Å²) >= 11 is 0. The standard InChI is InChI=1S/C27H51NO6/c1-3-5-6-7-8-9-10-11-12-13-14-15-16-17-18-19-23(30)28(20-4-2)27-26(33)25(32)24(31)22(21-29)34-27/h11-12,22,24-27,29,31-33H,3-10,13-21H2,1-2H3/t22-,24-,25+,26-,27?/m1/s1. The lowest BCUT2D eigenvalue weighted by Gasteiger charge is -2.44. The second-order valence-electron chi connectivity index (χ2n) is 9.64. The fourth-order valence-electron chi connectivity index (χ4n) is 4.46. The summed E-state index contributed by atoms with van der Waals surface area (Å²) in [7, 11) is 0. The van der Waals surface area contributed by atoms with Crippen LogP contribution in [0.25, 0.3) is 0 Å². The van der Waals surface area contributed by atoms with E-state index in [0.717, 1.165) is 32.1 Å². The van der Waals surface area contributed by atoms with Gasteiger partial charge in [-0.1, -0.05) is 77.4 Å². The van der Waals surface area contributed by atoms with E-state index in [4.69, 9.17) is 4.74 Å². The summed E-state index contributed by atoms with van der Waals surface area (Å²) in [5.74, 6) is -0.135. The van der Waals surface area contributed by atoms with Gasteiger partial charge in [0.2, 0.25) is 5.91 Å². The van der Waals surface area contributed by atoms with Crippen LogP contribution in [0.5, 0.6) is 0 Å². The number of hydrogen-bond acceptors (Lipinski definition) is 6. The first-order chi connectivity index (χ1) is 16.5. The number of aliphatic hydroxyl groups excluding tert-OH is 4. The summed E-state index contributed by atoms with van der Waals surface area (Å²) in [6, 6.07) is 0. The van der Waals surface area contributed by atoms with Crippen LogP contribution in [-0.2, 0) is 9.53 Å². The van der Waals surface area contributed by atoms with Crippen LogP contribution in [0.3, 0.4) is 0 Å². The third-order valence-electron chi connectivity index (χ3n) is 6.61. The highest BCUT2D eigenvalue weighted by molar-refractivity contribution is 5.76. The molecule has 1 aliphatic heterocycles. The Labute approximate surface area is 207 Å². The maximum atomic E-state index is 12.8. The average Bonchev–Trinajstić information content (AvgIpc) is 2.84. The molecule has 0 radical (unpaired) electrons. The van der Waals surface area contributed by atoms with Crippen LogP contribution in [0, 0.1) is 0 Å². The van der Waals surface area contributed by atoms with Crippen molar-refractivity contribution in [2.24, 2.45) is 0 Å². The topological polar surface area (TPSA) is 110 Å². The monoisotopic (exact) mass is 485 g/mol. The van der Waals surface area contributed by atoms with E-state index in [1.165, 1.54) is 56.3 Å². The van der Waals surface area contributed by atoms with Crippen LogP contribution < -0.4 is 0 Å². The van der Waals surface area contributed by atoms with E-state index in [-0.39, 0.29) is 5.91 Å². The van der Waals surface area contributed by atoms with Gasteiger partial charge in [0.25, 0.3) is 0 Å². The Bertz CT molecular complexity index is 541. The van der Waals surface area contributed by atoms with Gasteiger partial charge in [-0.2, -0.15) is 0 Å². The molecule has 1 fully saturated rings. The van der Waals surface area contributed by atoms with Gasteiger partial charge in [-0.25, -0.2) is 0 Å². The molecule has 5 atom stereocenters. The first-order valence-electron chi connectivity index (χ1n) is 13.7. The molecular weight excluding hydrogens is 434 g/mol. The van der Waals surface area contributed by atoms with Crippen LogP contribution in [0.15, 0.2) is 12.2 Å². The smallest absolute Gasteiger partial charge is 0.224 e. The summed E-state index contributed by atoms with van der Waals surface area (Å²) in [5, 5.41) is 39.8. The van der Waals surface area contributed by atoms with Crippen molar-refractivity contribution in [3.63, 3.8) is 0 Å². The Morgan fingerprint density at radius 2 is 1.32 bits per heavy atom. The third-order valence-corrected chi connectivity index (χ3v) is 6.61. The van der Waals surface area contributed by atoms with Gasteiger partial charge in [0.05, 0.1) is 6.61 Å². The second kappa shape index (κ2) is 19.2. The summed E-state index contributed by atoms with van der Waals surface area (Å²) in [5.41, 5.74) is 0. The van der Waals surface area contributed by atoms with Crippen molar-refractivity contribution in [1.82, 2.24) is 4.90 Å². The summed E-state index contributed by atoms with van der Waals surface area (Å²) in [6.45, 7) is 4.06. The van der Waals surface area contributed by atoms with Crippen LogP contribution in [0.4, 0.5) is 0 Å². The normalized spacial score (nSPS) is 25.2. The highest BCUT2D eigenvalue weighted by atomic mass is 16.6. The van der Waals surface area contributed by atoms with Crippen molar-refractivity contribution in [2.75, 3.05) is 13.2 Å². The number of carbonyl (C=O) groups is 1. The van der Waals surface area contributed by atoms with Crippen molar-refractivity contribution in [3.8, 4) is 0 Å². The zero-order valence-electron chi connectivity index (χ0n) is 21.6. The van der Waals surface area contributed by atoms with Crippen molar-refractivity contribution in [2.45, 2.75) is 141 Å². The molecule has 0 aromatic heterocycles. The van der Waals surface area contributed by atoms with E-state index in [1.807, 2.05) is 6.92 Å². The van der Waals surface area contributed by atoms with Crippen molar-refractivity contribution in [3.05, 3.63) is 12.2 Å². The zero-order valence-corrected chi connectivity index (χ0v) is 21.6. The minimum Gasteiger partial charge on any atom is -0.394 e. The van der Waals surface area contributed by atoms with Crippen molar-refractivity contribution >= 4 is 5.91 Å². The number of hydrogen-bond donors (Lipinski definition) is 4. The number of aliphatic hydroxyl groups is 4. The van der Waals surface area contributed by atoms with Gasteiger partial charge in [0, 0.05) is 13.0 Å². The molecule has 34 heavy (non-hydrogen) atoms. The lowest BCUT2D eigenvalue weighted by molar-refractivity contribution is -0.262. The van der Waals surface area contributed by atoms with Crippen LogP contribution >= 0.6 is 0 Å². The van der Waals surface area contributed by atoms with Gasteiger partial charge < -0.3 is 30.1 Å². The predicted octanol–water partition coefficient (Wildman–Crippen LogP) is 4.06. The summed E-state index contributed by atoms with van der Waals surface area (Å²) in [4.78, 5) is 14.3. The van der Waals surface area contributed by atoms with E-state index in [9.17, 15) is 25.2 Å². The van der Waals surface area contributed by atoms with E-state index < -0.39 is 37.3 Å². The van der Waals surface area contributed by atoms with E-state index >= 15 is 0 Å². The molecular formula is C27H51NO6. The van der Waals surface area contributed by atoms with E-state index in [2.05, 4.69) is 19.1 Å². The fourth-order valence-corrected chi connectivity index (χ4v) is 4.46. The summed E-state index contributed by atoms with van der Waals surface area (Å²) in [6.07, 6.45) is 14.8. The third kappa shape index (κ3) is 11.6. The molecule has 0 aliphatic carbocycles. The molecule has 0 aromatic rings. The molecule has 200 valence electrons. The molecule has 0 saturated carbocycles. The highest BCUT2D eigenvalue weighted by Gasteiger charge is 2.46. The molecule has 0 spiro atoms. The lowest BCUT2D eigenvalue weighted by Crippen LogP contribution is -2.64. The van der Waals surface area contributed by atoms with Gasteiger partial charge >= 0.3 is 0 Å². The van der Waals surface area contributed by atoms with Gasteiger partial charge in [-0.3, -0.25) is 4.79 Å². The van der Waals surface area contributed by atoms with Gasteiger partial charge in [0.15, 0.2) is 6.23 Å². The first-order valence-corrected chi connectivity index (χ1v) is 13.7. The van der Waals surface area contributed by atoms with Crippen LogP contribution in [-0.4, -0.2) is 75.0 Å². The maximum Gasteiger partial charge on any atom is 0.224 e. The molecule has 1 rings (SSSR count). The van der Waals surface area contributed by atoms with Crippen molar-refractivity contribution < 1.29 is 30.0 Å². The Kier molecular flexibility index (Phi) is 17.6. The largest absolute Gasteiger partial charge is 0.394 e. The Morgan fingerprint density at radius 1 is 0.765 bits per heavy atom. The second-order valence-corrected chi connectivity index (χ2v) is 9.64. The zero-order chi connectivity index (χ0) is 25.2. The number of rotatable bonds is 19. The molecule has 0 aromatic carbocycles. The van der Waals surface area contributed by atoms with E-state index in [1.54, 1.807) is 0 Å². The number of allylic oxidation sites excluding steroid dienone is 2. The lowest BCUT2D eigenvalue weighted by atomic mass is 9.97. The fraction of sp³-hybridized carbons (Fsp3) is 0.889. The van der Waals surface area contributed by atoms with Crippen LogP contribution in [0.1, 0.15) is 110 Å². The molecule has 7 heteroatoms. The minimum atomic E-state index is -1.47. The molecule has 4 N–H and O–H groups in total. The number of ether oxygens (including phenoxy) is 1. The first kappa shape index (κ1) is 31.0. The molecule has 1 heterocycles. The highest BCUT2D eigenvalue weighted by Crippen LogP contribution is 2.25. The van der Waals surface area contributed by atoms with Gasteiger partial charge in [-0.15, -0.1) is 0 Å². The number of amides is 1.